The van der Waals surface area contributed by atoms with Gasteiger partial charge in [-0.2, -0.15) is 0 Å². The summed E-state index contributed by atoms with van der Waals surface area (Å²) in [5.74, 6) is 2.25. The van der Waals surface area contributed by atoms with Gasteiger partial charge in [0.15, 0.2) is 5.82 Å². The number of fused-ring (bicyclic) bond motifs is 4. The second-order valence-corrected chi connectivity index (χ2v) is 9.95. The summed E-state index contributed by atoms with van der Waals surface area (Å²) in [7, 11) is 0. The molecule has 1 aliphatic carbocycles. The van der Waals surface area contributed by atoms with Crippen molar-refractivity contribution in [3.8, 4) is 22.4 Å². The Morgan fingerprint density at radius 3 is 2.67 bits per heavy atom. The van der Waals surface area contributed by atoms with Gasteiger partial charge in [-0.1, -0.05) is 24.3 Å². The Bertz CT molecular complexity index is 1320. The third kappa shape index (κ3) is 3.40. The van der Waals surface area contributed by atoms with Crippen molar-refractivity contribution >= 4 is 11.0 Å². The number of imidazole rings is 2. The largest absolute Gasteiger partial charge is 0.341 e. The first-order valence-electron chi connectivity index (χ1n) is 12.6. The molecule has 33 heavy (non-hydrogen) atoms. The fraction of sp³-hybridized carbons (Fsp3) is 0.407. The topological polar surface area (TPSA) is 86.0 Å². The Morgan fingerprint density at radius 1 is 0.848 bits per heavy atom. The summed E-state index contributed by atoms with van der Waals surface area (Å²) in [5, 5.41) is 5.98. The monoisotopic (exact) mass is 439 g/mol. The van der Waals surface area contributed by atoms with E-state index in [1.807, 2.05) is 0 Å². The Morgan fingerprint density at radius 2 is 1.79 bits per heavy atom. The van der Waals surface area contributed by atoms with E-state index in [2.05, 4.69) is 57.0 Å². The van der Waals surface area contributed by atoms with Crippen LogP contribution < -0.4 is 10.6 Å². The fourth-order valence-electron chi connectivity index (χ4n) is 5.99. The molecule has 2 aliphatic heterocycles. The Hall–Kier alpha value is -2.96. The zero-order valence-corrected chi connectivity index (χ0v) is 19.0. The average Bonchev–Trinajstić information content (AvgIpc) is 3.64. The Balaban J connectivity index is 1.23. The molecular formula is C27H31N6+. The summed E-state index contributed by atoms with van der Waals surface area (Å²) >= 11 is 0. The van der Waals surface area contributed by atoms with E-state index in [1.165, 1.54) is 65.3 Å². The number of hydrogen-bond donors (Lipinski definition) is 4. The summed E-state index contributed by atoms with van der Waals surface area (Å²) in [6.45, 7) is 2.30. The van der Waals surface area contributed by atoms with Gasteiger partial charge < -0.3 is 20.6 Å². The number of nitrogens with one attached hydrogen (secondary N) is 3. The highest BCUT2D eigenvalue weighted by molar-refractivity contribution is 5.83. The van der Waals surface area contributed by atoms with Crippen LogP contribution in [0.1, 0.15) is 67.1 Å². The van der Waals surface area contributed by atoms with Crippen LogP contribution in [0.4, 0.5) is 0 Å². The highest BCUT2D eigenvalue weighted by Crippen LogP contribution is 2.35. The lowest BCUT2D eigenvalue weighted by Gasteiger charge is -2.09. The van der Waals surface area contributed by atoms with Crippen LogP contribution in [0, 0.1) is 0 Å². The standard InChI is InChI=1S/C27H30N6/c1-4-18-14-16(17-9-11-20-24(15-17)32-26(30-20)22-6-2-12-28-22)8-10-19(18)25-21(5-1)31-27(33-25)23-7-3-13-29-23/h8-11,14-15,22-23,28-29H,1-7,12-13H2,(H,30,32)(H,31,33)/p+1. The molecule has 4 aromatic rings. The molecule has 6 heteroatoms. The lowest BCUT2D eigenvalue weighted by Crippen LogP contribution is -2.82. The van der Waals surface area contributed by atoms with Gasteiger partial charge in [-0.25, -0.2) is 9.97 Å². The van der Waals surface area contributed by atoms with E-state index in [0.29, 0.717) is 12.1 Å². The maximum atomic E-state index is 5.11. The zero-order chi connectivity index (χ0) is 21.8. The molecule has 2 aromatic carbocycles. The van der Waals surface area contributed by atoms with Crippen LogP contribution in [0.5, 0.6) is 0 Å². The molecule has 2 aromatic heterocycles. The van der Waals surface area contributed by atoms with Crippen molar-refractivity contribution in [2.24, 2.45) is 0 Å². The van der Waals surface area contributed by atoms with Crippen LogP contribution in [0.25, 0.3) is 33.4 Å². The maximum Gasteiger partial charge on any atom is 0.165 e. The van der Waals surface area contributed by atoms with E-state index in [4.69, 9.17) is 9.97 Å². The maximum absolute atomic E-state index is 5.11. The van der Waals surface area contributed by atoms with Gasteiger partial charge in [0.05, 0.1) is 29.3 Å². The number of nitrogens with zero attached hydrogens (tertiary/aromatic N) is 2. The molecule has 7 rings (SSSR count). The number of benzene rings is 2. The van der Waals surface area contributed by atoms with Gasteiger partial charge >= 0.3 is 0 Å². The van der Waals surface area contributed by atoms with Gasteiger partial charge in [-0.15, -0.1) is 0 Å². The zero-order valence-electron chi connectivity index (χ0n) is 19.0. The van der Waals surface area contributed by atoms with Crippen LogP contribution in [0.2, 0.25) is 0 Å². The van der Waals surface area contributed by atoms with E-state index >= 15 is 0 Å². The number of aromatic amines is 2. The van der Waals surface area contributed by atoms with Crippen LogP contribution in [-0.2, 0) is 12.8 Å². The molecule has 6 nitrogen and oxygen atoms in total. The molecule has 0 radical (unpaired) electrons. The van der Waals surface area contributed by atoms with E-state index in [-0.39, 0.29) is 0 Å². The van der Waals surface area contributed by atoms with Gasteiger partial charge in [0.25, 0.3) is 0 Å². The quantitative estimate of drug-likeness (QED) is 0.390. The third-order valence-electron chi connectivity index (χ3n) is 7.78. The van der Waals surface area contributed by atoms with Gasteiger partial charge in [-0.3, -0.25) is 0 Å². The molecule has 2 fully saturated rings. The van der Waals surface area contributed by atoms with Crippen molar-refractivity contribution in [1.29, 1.82) is 0 Å². The fourth-order valence-corrected chi connectivity index (χ4v) is 5.99. The van der Waals surface area contributed by atoms with Crippen molar-refractivity contribution in [2.75, 3.05) is 13.1 Å². The normalized spacial score (nSPS) is 22.4. The van der Waals surface area contributed by atoms with Gasteiger partial charge in [0, 0.05) is 24.1 Å². The van der Waals surface area contributed by atoms with Crippen molar-refractivity contribution in [3.05, 3.63) is 59.3 Å². The molecule has 5 N–H and O–H groups in total. The number of quaternary nitrogens is 1. The first-order chi connectivity index (χ1) is 16.3. The van der Waals surface area contributed by atoms with E-state index in [9.17, 15) is 0 Å². The first kappa shape index (κ1) is 19.5. The van der Waals surface area contributed by atoms with Gasteiger partial charge in [-0.05, 0) is 67.5 Å². The van der Waals surface area contributed by atoms with Crippen molar-refractivity contribution in [3.63, 3.8) is 0 Å². The number of nitrogens with two attached hydrogens (primary N) is 1. The summed E-state index contributed by atoms with van der Waals surface area (Å²) in [5.41, 5.74) is 9.92. The lowest BCUT2D eigenvalue weighted by atomic mass is 9.96. The molecule has 3 aliphatic rings. The van der Waals surface area contributed by atoms with Crippen LogP contribution in [0.15, 0.2) is 36.4 Å². The highest BCUT2D eigenvalue weighted by atomic mass is 15.1. The number of aromatic nitrogens is 4. The molecule has 4 heterocycles. The molecule has 2 unspecified atom stereocenters. The minimum atomic E-state index is 0.364. The highest BCUT2D eigenvalue weighted by Gasteiger charge is 2.27. The first-order valence-corrected chi connectivity index (χ1v) is 12.6. The molecule has 0 amide bonds. The van der Waals surface area contributed by atoms with E-state index < -0.39 is 0 Å². The number of aryl methyl sites for hydroxylation is 2. The second-order valence-electron chi connectivity index (χ2n) is 9.95. The SMILES string of the molecule is c1cc2c(cc1-c1ccc3nc(C4CCCN4)[nH]c3c1)CCCc1[nH]c(C3CCC[NH2+]3)nc1-2. The van der Waals surface area contributed by atoms with E-state index in [0.717, 1.165) is 49.1 Å². The molecular weight excluding hydrogens is 408 g/mol. The molecule has 0 bridgehead atoms. The Kier molecular flexibility index (Phi) is 4.62. The third-order valence-corrected chi connectivity index (χ3v) is 7.78. The minimum absolute atomic E-state index is 0.364. The van der Waals surface area contributed by atoms with Gasteiger partial charge in [0.2, 0.25) is 0 Å². The smallest absolute Gasteiger partial charge is 0.165 e. The van der Waals surface area contributed by atoms with Crippen LogP contribution in [0.3, 0.4) is 0 Å². The van der Waals surface area contributed by atoms with E-state index in [1.54, 1.807) is 0 Å². The minimum Gasteiger partial charge on any atom is -0.341 e. The summed E-state index contributed by atoms with van der Waals surface area (Å²) in [4.78, 5) is 17.2. The molecule has 2 saturated heterocycles. The molecule has 2 atom stereocenters. The van der Waals surface area contributed by atoms with Crippen molar-refractivity contribution in [2.45, 2.75) is 57.0 Å². The van der Waals surface area contributed by atoms with Gasteiger partial charge in [0.1, 0.15) is 11.9 Å². The second kappa shape index (κ2) is 7.82. The summed E-state index contributed by atoms with van der Waals surface area (Å²) in [6, 6.07) is 14.4. The number of rotatable bonds is 3. The Labute approximate surface area is 193 Å². The summed E-state index contributed by atoms with van der Waals surface area (Å²) < 4.78 is 0. The molecule has 0 spiro atoms. The van der Waals surface area contributed by atoms with Crippen molar-refractivity contribution in [1.82, 2.24) is 25.3 Å². The summed E-state index contributed by atoms with van der Waals surface area (Å²) in [6.07, 6.45) is 8.24. The lowest BCUT2D eigenvalue weighted by molar-refractivity contribution is -0.677. The molecule has 168 valence electrons. The van der Waals surface area contributed by atoms with Crippen molar-refractivity contribution < 1.29 is 5.32 Å². The predicted molar refractivity (Wildman–Crippen MR) is 130 cm³/mol. The van der Waals surface area contributed by atoms with Crippen LogP contribution >= 0.6 is 0 Å². The number of hydrogen-bond acceptors (Lipinski definition) is 3. The predicted octanol–water partition coefficient (Wildman–Crippen LogP) is 3.93. The number of H-pyrrole nitrogens is 2. The van der Waals surface area contributed by atoms with Crippen LogP contribution in [-0.4, -0.2) is 33.0 Å². The average molecular weight is 440 g/mol. The molecule has 0 saturated carbocycles.